The summed E-state index contributed by atoms with van der Waals surface area (Å²) in [5.74, 6) is -0.0334. The van der Waals surface area contributed by atoms with E-state index in [9.17, 15) is 13.2 Å². The van der Waals surface area contributed by atoms with E-state index in [1.165, 1.54) is 4.31 Å². The van der Waals surface area contributed by atoms with E-state index in [1.807, 2.05) is 42.2 Å². The molecule has 0 unspecified atom stereocenters. The summed E-state index contributed by atoms with van der Waals surface area (Å²) in [4.78, 5) is 14.7. The van der Waals surface area contributed by atoms with Crippen LogP contribution in [0.2, 0.25) is 0 Å². The van der Waals surface area contributed by atoms with Crippen LogP contribution in [0.4, 0.5) is 0 Å². The molecule has 8 heteroatoms. The predicted molar refractivity (Wildman–Crippen MR) is 108 cm³/mol. The molecule has 0 N–H and O–H groups in total. The molecule has 3 rings (SSSR count). The topological polar surface area (TPSA) is 75.5 Å². The summed E-state index contributed by atoms with van der Waals surface area (Å²) >= 11 is 0. The van der Waals surface area contributed by atoms with Gasteiger partial charge in [0.15, 0.2) is 0 Å². The van der Waals surface area contributed by atoms with E-state index in [4.69, 9.17) is 0 Å². The Kier molecular flexibility index (Phi) is 6.51. The monoisotopic (exact) mass is 404 g/mol. The fourth-order valence-electron chi connectivity index (χ4n) is 3.69. The van der Waals surface area contributed by atoms with Gasteiger partial charge in [0.05, 0.1) is 5.75 Å². The maximum atomic E-state index is 12.8. The van der Waals surface area contributed by atoms with Crippen molar-refractivity contribution in [3.63, 3.8) is 0 Å². The van der Waals surface area contributed by atoms with Crippen LogP contribution in [0.1, 0.15) is 42.2 Å². The van der Waals surface area contributed by atoms with Gasteiger partial charge in [-0.3, -0.25) is 9.48 Å². The quantitative estimate of drug-likeness (QED) is 0.741. The number of aromatic nitrogens is 2. The molecule has 1 saturated heterocycles. The van der Waals surface area contributed by atoms with Gasteiger partial charge in [0.1, 0.15) is 5.69 Å². The summed E-state index contributed by atoms with van der Waals surface area (Å²) in [6.45, 7) is 3.78. The number of carbonyl (C=O) groups is 1. The first-order valence-electron chi connectivity index (χ1n) is 9.73. The van der Waals surface area contributed by atoms with E-state index in [2.05, 4.69) is 5.10 Å². The summed E-state index contributed by atoms with van der Waals surface area (Å²) in [6.07, 6.45) is 3.81. The van der Waals surface area contributed by atoms with Crippen molar-refractivity contribution >= 4 is 15.9 Å². The second kappa shape index (κ2) is 8.87. The largest absolute Gasteiger partial charge is 0.337 e. The summed E-state index contributed by atoms with van der Waals surface area (Å²) < 4.78 is 28.9. The minimum atomic E-state index is -3.41. The Labute approximate surface area is 167 Å². The normalized spacial score (nSPS) is 18.2. The van der Waals surface area contributed by atoms with Gasteiger partial charge in [-0.15, -0.1) is 0 Å². The van der Waals surface area contributed by atoms with Gasteiger partial charge in [-0.05, 0) is 37.8 Å². The molecule has 0 spiro atoms. The van der Waals surface area contributed by atoms with E-state index in [1.54, 1.807) is 24.0 Å². The molecule has 0 saturated carbocycles. The standard InChI is InChI=1S/C20H28N4O3S/c1-3-24-19(11-13-21-24)20(25)23-14-7-10-18(12-15-23)22(2)28(26,27)16-17-8-5-4-6-9-17/h4-6,8-9,11,13,18H,3,7,10,12,14-16H2,1-2H3/t18-/m1/s1. The Morgan fingerprint density at radius 2 is 1.93 bits per heavy atom. The molecule has 1 aliphatic heterocycles. The highest BCUT2D eigenvalue weighted by atomic mass is 32.2. The fraction of sp³-hybridized carbons (Fsp3) is 0.500. The molecular formula is C20H28N4O3S. The second-order valence-electron chi connectivity index (χ2n) is 7.17. The highest BCUT2D eigenvalue weighted by Gasteiger charge is 2.30. The van der Waals surface area contributed by atoms with Crippen molar-refractivity contribution in [1.82, 2.24) is 19.0 Å². The van der Waals surface area contributed by atoms with Gasteiger partial charge in [0.25, 0.3) is 5.91 Å². The summed E-state index contributed by atoms with van der Waals surface area (Å²) in [5.41, 5.74) is 1.37. The van der Waals surface area contributed by atoms with Crippen molar-refractivity contribution in [3.8, 4) is 0 Å². The van der Waals surface area contributed by atoms with E-state index >= 15 is 0 Å². The van der Waals surface area contributed by atoms with Crippen LogP contribution in [0, 0.1) is 0 Å². The number of benzene rings is 1. The minimum Gasteiger partial charge on any atom is -0.337 e. The lowest BCUT2D eigenvalue weighted by Crippen LogP contribution is -2.39. The van der Waals surface area contributed by atoms with Crippen LogP contribution in [0.15, 0.2) is 42.6 Å². The summed E-state index contributed by atoms with van der Waals surface area (Å²) in [6, 6.07) is 10.9. The average molecular weight is 405 g/mol. The lowest BCUT2D eigenvalue weighted by atomic mass is 10.1. The molecular weight excluding hydrogens is 376 g/mol. The van der Waals surface area contributed by atoms with Crippen LogP contribution >= 0.6 is 0 Å². The van der Waals surface area contributed by atoms with Crippen LogP contribution in [0.25, 0.3) is 0 Å². The Morgan fingerprint density at radius 1 is 1.18 bits per heavy atom. The third kappa shape index (κ3) is 4.62. The molecule has 0 aliphatic carbocycles. The van der Waals surface area contributed by atoms with Crippen molar-refractivity contribution in [2.24, 2.45) is 0 Å². The zero-order valence-corrected chi connectivity index (χ0v) is 17.3. The number of hydrogen-bond acceptors (Lipinski definition) is 4. The number of amides is 1. The minimum absolute atomic E-state index is 0.000824. The maximum Gasteiger partial charge on any atom is 0.272 e. The third-order valence-electron chi connectivity index (χ3n) is 5.36. The molecule has 1 amide bonds. The van der Waals surface area contributed by atoms with Gasteiger partial charge < -0.3 is 4.90 Å². The Balaban J connectivity index is 1.65. The first-order chi connectivity index (χ1) is 13.4. The number of carbonyl (C=O) groups excluding carboxylic acids is 1. The first-order valence-corrected chi connectivity index (χ1v) is 11.3. The van der Waals surface area contributed by atoms with Gasteiger partial charge >= 0.3 is 0 Å². The van der Waals surface area contributed by atoms with Crippen LogP contribution in [-0.2, 0) is 22.3 Å². The van der Waals surface area contributed by atoms with Crippen molar-refractivity contribution in [3.05, 3.63) is 53.9 Å². The van der Waals surface area contributed by atoms with Gasteiger partial charge in [0.2, 0.25) is 10.0 Å². The molecule has 0 bridgehead atoms. The van der Waals surface area contributed by atoms with E-state index < -0.39 is 10.0 Å². The molecule has 2 heterocycles. The van der Waals surface area contributed by atoms with Crippen LogP contribution in [0.3, 0.4) is 0 Å². The molecule has 1 fully saturated rings. The zero-order chi connectivity index (χ0) is 20.1. The highest BCUT2D eigenvalue weighted by Crippen LogP contribution is 2.21. The highest BCUT2D eigenvalue weighted by molar-refractivity contribution is 7.88. The summed E-state index contributed by atoms with van der Waals surface area (Å²) in [5, 5.41) is 4.17. The predicted octanol–water partition coefficient (Wildman–Crippen LogP) is 2.36. The molecule has 2 aromatic rings. The fourth-order valence-corrected chi connectivity index (χ4v) is 5.17. The smallest absolute Gasteiger partial charge is 0.272 e. The van der Waals surface area contributed by atoms with Crippen molar-refractivity contribution < 1.29 is 13.2 Å². The Morgan fingerprint density at radius 3 is 2.64 bits per heavy atom. The third-order valence-corrected chi connectivity index (χ3v) is 7.24. The van der Waals surface area contributed by atoms with Crippen molar-refractivity contribution in [1.29, 1.82) is 0 Å². The maximum absolute atomic E-state index is 12.8. The Hall–Kier alpha value is -2.19. The number of rotatable bonds is 6. The molecule has 1 aliphatic rings. The number of aryl methyl sites for hydroxylation is 1. The average Bonchev–Trinajstić information content (AvgIpc) is 3.03. The molecule has 28 heavy (non-hydrogen) atoms. The van der Waals surface area contributed by atoms with Crippen LogP contribution in [0.5, 0.6) is 0 Å². The molecule has 152 valence electrons. The zero-order valence-electron chi connectivity index (χ0n) is 16.5. The van der Waals surface area contributed by atoms with Crippen molar-refractivity contribution in [2.75, 3.05) is 20.1 Å². The van der Waals surface area contributed by atoms with Gasteiger partial charge in [-0.2, -0.15) is 5.10 Å². The van der Waals surface area contributed by atoms with E-state index in [0.29, 0.717) is 31.7 Å². The van der Waals surface area contributed by atoms with Crippen LogP contribution < -0.4 is 0 Å². The van der Waals surface area contributed by atoms with Gasteiger partial charge in [0, 0.05) is 38.9 Å². The van der Waals surface area contributed by atoms with Crippen molar-refractivity contribution in [2.45, 2.75) is 44.5 Å². The number of nitrogens with zero attached hydrogens (tertiary/aromatic N) is 4. The van der Waals surface area contributed by atoms with E-state index in [0.717, 1.165) is 18.4 Å². The number of sulfonamides is 1. The van der Waals surface area contributed by atoms with Gasteiger partial charge in [-0.25, -0.2) is 12.7 Å². The van der Waals surface area contributed by atoms with Gasteiger partial charge in [-0.1, -0.05) is 30.3 Å². The number of hydrogen-bond donors (Lipinski definition) is 0. The molecule has 1 aromatic heterocycles. The molecule has 1 atom stereocenters. The SMILES string of the molecule is CCn1nccc1C(=O)N1CCC[C@@H](N(C)S(=O)(=O)Cc2ccccc2)CC1. The molecule has 1 aromatic carbocycles. The lowest BCUT2D eigenvalue weighted by Gasteiger charge is -2.27. The Bertz CT molecular complexity index is 895. The van der Waals surface area contributed by atoms with E-state index in [-0.39, 0.29) is 17.7 Å². The lowest BCUT2D eigenvalue weighted by molar-refractivity contribution is 0.0747. The first kappa shape index (κ1) is 20.5. The molecule has 7 nitrogen and oxygen atoms in total. The second-order valence-corrected chi connectivity index (χ2v) is 9.20. The summed E-state index contributed by atoms with van der Waals surface area (Å²) in [7, 11) is -1.75. The molecule has 0 radical (unpaired) electrons. The number of likely N-dealkylation sites (tertiary alicyclic amines) is 1. The van der Waals surface area contributed by atoms with Crippen LogP contribution in [-0.4, -0.2) is 59.5 Å².